The van der Waals surface area contributed by atoms with Crippen LogP contribution in [-0.2, 0) is 4.79 Å². The molecule has 0 bridgehead atoms. The van der Waals surface area contributed by atoms with Crippen molar-refractivity contribution in [1.29, 1.82) is 0 Å². The van der Waals surface area contributed by atoms with Crippen molar-refractivity contribution in [2.75, 3.05) is 19.6 Å². The first kappa shape index (κ1) is 13.5. The predicted octanol–water partition coefficient (Wildman–Crippen LogP) is 2.07. The van der Waals surface area contributed by atoms with Crippen molar-refractivity contribution >= 4 is 5.91 Å². The Morgan fingerprint density at radius 1 is 1.19 bits per heavy atom. The van der Waals surface area contributed by atoms with Crippen LogP contribution in [0.3, 0.4) is 0 Å². The second kappa shape index (κ2) is 8.57. The van der Waals surface area contributed by atoms with Gasteiger partial charge in [0.2, 0.25) is 5.91 Å². The normalized spacial score (nSPS) is 17.3. The molecular weight excluding hydrogens is 200 g/mol. The van der Waals surface area contributed by atoms with Crippen LogP contribution in [-0.4, -0.2) is 25.5 Å². The van der Waals surface area contributed by atoms with Crippen LogP contribution in [0.4, 0.5) is 0 Å². The molecule has 3 heteroatoms. The highest BCUT2D eigenvalue weighted by molar-refractivity contribution is 5.75. The molecule has 1 aliphatic rings. The quantitative estimate of drug-likeness (QED) is 0.653. The molecule has 0 saturated heterocycles. The van der Waals surface area contributed by atoms with Gasteiger partial charge in [-0.05, 0) is 31.7 Å². The zero-order valence-electron chi connectivity index (χ0n) is 10.6. The van der Waals surface area contributed by atoms with Crippen LogP contribution in [0.15, 0.2) is 0 Å². The maximum absolute atomic E-state index is 11.3. The molecule has 1 amide bonds. The van der Waals surface area contributed by atoms with Gasteiger partial charge in [0.15, 0.2) is 0 Å². The maximum atomic E-state index is 11.3. The van der Waals surface area contributed by atoms with E-state index in [1.807, 2.05) is 0 Å². The first-order valence-corrected chi connectivity index (χ1v) is 6.80. The smallest absolute Gasteiger partial charge is 0.221 e. The largest absolute Gasteiger partial charge is 0.356 e. The number of nitrogens with one attached hydrogen (secondary N) is 2. The Bertz CT molecular complexity index is 188. The van der Waals surface area contributed by atoms with Crippen LogP contribution in [0.25, 0.3) is 0 Å². The van der Waals surface area contributed by atoms with E-state index in [2.05, 4.69) is 17.6 Å². The summed E-state index contributed by atoms with van der Waals surface area (Å²) in [5, 5.41) is 6.29. The molecule has 0 aromatic heterocycles. The lowest BCUT2D eigenvalue weighted by atomic mass is 9.89. The van der Waals surface area contributed by atoms with Gasteiger partial charge in [0, 0.05) is 19.5 Å². The standard InChI is InChI=1S/C13H26N2O/c1-2-9-15-13(16)8-10-14-11-12-6-4-3-5-7-12/h12,14H,2-11H2,1H3,(H,15,16). The lowest BCUT2D eigenvalue weighted by molar-refractivity contribution is -0.120. The maximum Gasteiger partial charge on any atom is 0.221 e. The van der Waals surface area contributed by atoms with Gasteiger partial charge in [-0.2, -0.15) is 0 Å². The summed E-state index contributed by atoms with van der Waals surface area (Å²) in [6.45, 7) is 4.80. The second-order valence-electron chi connectivity index (χ2n) is 4.81. The van der Waals surface area contributed by atoms with E-state index < -0.39 is 0 Å². The van der Waals surface area contributed by atoms with E-state index in [1.165, 1.54) is 32.1 Å². The summed E-state index contributed by atoms with van der Waals surface area (Å²) in [5.74, 6) is 1.03. The van der Waals surface area contributed by atoms with Gasteiger partial charge in [0.1, 0.15) is 0 Å². The third-order valence-electron chi connectivity index (χ3n) is 3.26. The Morgan fingerprint density at radius 3 is 2.62 bits per heavy atom. The zero-order valence-corrected chi connectivity index (χ0v) is 10.6. The van der Waals surface area contributed by atoms with E-state index in [9.17, 15) is 4.79 Å². The third kappa shape index (κ3) is 6.11. The van der Waals surface area contributed by atoms with Gasteiger partial charge in [-0.25, -0.2) is 0 Å². The SMILES string of the molecule is CCCNC(=O)CCNCC1CCCCC1. The fourth-order valence-electron chi connectivity index (χ4n) is 2.25. The minimum Gasteiger partial charge on any atom is -0.356 e. The number of hydrogen-bond acceptors (Lipinski definition) is 2. The van der Waals surface area contributed by atoms with E-state index in [1.54, 1.807) is 0 Å². The number of hydrogen-bond donors (Lipinski definition) is 2. The number of carbonyl (C=O) groups excluding carboxylic acids is 1. The van der Waals surface area contributed by atoms with E-state index in [0.29, 0.717) is 6.42 Å². The molecular formula is C13H26N2O. The van der Waals surface area contributed by atoms with Crippen LogP contribution in [0.5, 0.6) is 0 Å². The summed E-state index contributed by atoms with van der Waals surface area (Å²) in [4.78, 5) is 11.3. The van der Waals surface area contributed by atoms with Crippen LogP contribution >= 0.6 is 0 Å². The molecule has 0 radical (unpaired) electrons. The van der Waals surface area contributed by atoms with Gasteiger partial charge in [-0.3, -0.25) is 4.79 Å². The number of amides is 1. The minimum atomic E-state index is 0.179. The Hall–Kier alpha value is -0.570. The van der Waals surface area contributed by atoms with Crippen LogP contribution in [0.2, 0.25) is 0 Å². The molecule has 2 N–H and O–H groups in total. The monoisotopic (exact) mass is 226 g/mol. The van der Waals surface area contributed by atoms with E-state index >= 15 is 0 Å². The first-order valence-electron chi connectivity index (χ1n) is 6.80. The Morgan fingerprint density at radius 2 is 1.94 bits per heavy atom. The van der Waals surface area contributed by atoms with Gasteiger partial charge in [-0.1, -0.05) is 26.2 Å². The van der Waals surface area contributed by atoms with Crippen molar-refractivity contribution in [3.05, 3.63) is 0 Å². The van der Waals surface area contributed by atoms with Crippen molar-refractivity contribution in [2.45, 2.75) is 51.9 Å². The summed E-state index contributed by atoms with van der Waals surface area (Å²) in [6, 6.07) is 0. The highest BCUT2D eigenvalue weighted by Crippen LogP contribution is 2.22. The molecule has 1 aliphatic carbocycles. The number of rotatable bonds is 7. The predicted molar refractivity (Wildman–Crippen MR) is 67.4 cm³/mol. The fourth-order valence-corrected chi connectivity index (χ4v) is 2.25. The Kier molecular flexibility index (Phi) is 7.23. The molecule has 0 aromatic carbocycles. The molecule has 1 fully saturated rings. The zero-order chi connectivity index (χ0) is 11.6. The lowest BCUT2D eigenvalue weighted by Crippen LogP contribution is -2.30. The molecule has 94 valence electrons. The van der Waals surface area contributed by atoms with E-state index in [-0.39, 0.29) is 5.91 Å². The van der Waals surface area contributed by atoms with Gasteiger partial charge < -0.3 is 10.6 Å². The molecule has 0 aromatic rings. The molecule has 1 saturated carbocycles. The Labute approximate surface area is 99.4 Å². The first-order chi connectivity index (χ1) is 7.83. The van der Waals surface area contributed by atoms with Gasteiger partial charge >= 0.3 is 0 Å². The molecule has 1 rings (SSSR count). The fraction of sp³-hybridized carbons (Fsp3) is 0.923. The third-order valence-corrected chi connectivity index (χ3v) is 3.26. The van der Waals surface area contributed by atoms with Gasteiger partial charge in [-0.15, -0.1) is 0 Å². The lowest BCUT2D eigenvalue weighted by Gasteiger charge is -2.21. The van der Waals surface area contributed by atoms with Gasteiger partial charge in [0.25, 0.3) is 0 Å². The topological polar surface area (TPSA) is 41.1 Å². The molecule has 3 nitrogen and oxygen atoms in total. The average Bonchev–Trinajstić information content (AvgIpc) is 2.33. The van der Waals surface area contributed by atoms with E-state index in [4.69, 9.17) is 0 Å². The molecule has 16 heavy (non-hydrogen) atoms. The summed E-state index contributed by atoms with van der Waals surface area (Å²) >= 11 is 0. The molecule has 0 atom stereocenters. The van der Waals surface area contributed by atoms with Crippen LogP contribution < -0.4 is 10.6 Å². The van der Waals surface area contributed by atoms with Crippen molar-refractivity contribution < 1.29 is 4.79 Å². The summed E-state index contributed by atoms with van der Waals surface area (Å²) in [6.07, 6.45) is 8.57. The van der Waals surface area contributed by atoms with Crippen LogP contribution in [0, 0.1) is 5.92 Å². The molecule has 0 aliphatic heterocycles. The summed E-state index contributed by atoms with van der Waals surface area (Å²) in [7, 11) is 0. The molecule has 0 unspecified atom stereocenters. The summed E-state index contributed by atoms with van der Waals surface area (Å²) < 4.78 is 0. The second-order valence-corrected chi connectivity index (χ2v) is 4.81. The van der Waals surface area contributed by atoms with Crippen molar-refractivity contribution in [1.82, 2.24) is 10.6 Å². The number of carbonyl (C=O) groups is 1. The van der Waals surface area contributed by atoms with Crippen molar-refractivity contribution in [2.24, 2.45) is 5.92 Å². The molecule has 0 spiro atoms. The van der Waals surface area contributed by atoms with Gasteiger partial charge in [0.05, 0.1) is 0 Å². The minimum absolute atomic E-state index is 0.179. The van der Waals surface area contributed by atoms with Crippen molar-refractivity contribution in [3.8, 4) is 0 Å². The molecule has 0 heterocycles. The van der Waals surface area contributed by atoms with E-state index in [0.717, 1.165) is 32.0 Å². The highest BCUT2D eigenvalue weighted by Gasteiger charge is 2.12. The van der Waals surface area contributed by atoms with Crippen molar-refractivity contribution in [3.63, 3.8) is 0 Å². The highest BCUT2D eigenvalue weighted by atomic mass is 16.1. The summed E-state index contributed by atoms with van der Waals surface area (Å²) in [5.41, 5.74) is 0. The average molecular weight is 226 g/mol. The van der Waals surface area contributed by atoms with Crippen LogP contribution in [0.1, 0.15) is 51.9 Å². The Balaban J connectivity index is 1.92.